The summed E-state index contributed by atoms with van der Waals surface area (Å²) in [6.45, 7) is 9.74. The molecule has 0 fully saturated rings. The molecule has 0 radical (unpaired) electrons. The number of ether oxygens (including phenoxy) is 1. The Hall–Kier alpha value is -0.933. The van der Waals surface area contributed by atoms with E-state index in [1.54, 1.807) is 0 Å². The lowest BCUT2D eigenvalue weighted by Gasteiger charge is -2.18. The molecule has 0 aliphatic carbocycles. The third-order valence-electron chi connectivity index (χ3n) is 2.82. The van der Waals surface area contributed by atoms with Gasteiger partial charge in [0.25, 0.3) is 0 Å². The molecule has 1 atom stereocenters. The quantitative estimate of drug-likeness (QED) is 0.549. The number of carbonyl (C=O) groups excluding carboxylic acids is 1. The molecule has 0 aliphatic heterocycles. The van der Waals surface area contributed by atoms with Crippen LogP contribution in [-0.2, 0) is 4.74 Å². The summed E-state index contributed by atoms with van der Waals surface area (Å²) in [5, 5.41) is 0. The van der Waals surface area contributed by atoms with Crippen LogP contribution in [0.5, 0.6) is 0 Å². The Morgan fingerprint density at radius 2 is 1.83 bits per heavy atom. The molecule has 0 amide bonds. The fourth-order valence-corrected chi connectivity index (χ4v) is 2.36. The van der Waals surface area contributed by atoms with Gasteiger partial charge in [-0.25, -0.2) is 0 Å². The van der Waals surface area contributed by atoms with Crippen LogP contribution in [0.2, 0.25) is 25.7 Å². The maximum atomic E-state index is 11.9. The predicted molar refractivity (Wildman–Crippen MR) is 79.0 cm³/mol. The molecule has 0 saturated heterocycles. The van der Waals surface area contributed by atoms with E-state index in [4.69, 9.17) is 4.74 Å². The summed E-state index contributed by atoms with van der Waals surface area (Å²) in [7, 11) is -1.04. The summed E-state index contributed by atoms with van der Waals surface area (Å²) in [6, 6.07) is 10.6. The Kier molecular flexibility index (Phi) is 5.76. The predicted octanol–water partition coefficient (Wildman–Crippen LogP) is 4.00. The van der Waals surface area contributed by atoms with Gasteiger partial charge in [-0.15, -0.1) is 0 Å². The van der Waals surface area contributed by atoms with Crippen molar-refractivity contribution >= 4 is 13.9 Å². The first-order chi connectivity index (χ1) is 8.38. The van der Waals surface area contributed by atoms with Crippen molar-refractivity contribution in [3.05, 3.63) is 35.9 Å². The van der Waals surface area contributed by atoms with Crippen LogP contribution in [0.15, 0.2) is 30.3 Å². The standard InChI is InChI=1S/C15H24O2Si/c1-13(17-10-11-18(2,3)4)12-15(16)14-8-6-5-7-9-14/h5-9,13H,10-12H2,1-4H3. The average molecular weight is 264 g/mol. The first-order valence-corrected chi connectivity index (χ1v) is 10.3. The number of benzene rings is 1. The topological polar surface area (TPSA) is 26.3 Å². The largest absolute Gasteiger partial charge is 0.378 e. The molecular formula is C15H24O2Si. The van der Waals surface area contributed by atoms with Crippen LogP contribution in [0, 0.1) is 0 Å². The van der Waals surface area contributed by atoms with E-state index >= 15 is 0 Å². The number of hydrogen-bond donors (Lipinski definition) is 0. The molecule has 18 heavy (non-hydrogen) atoms. The van der Waals surface area contributed by atoms with Gasteiger partial charge >= 0.3 is 0 Å². The SMILES string of the molecule is CC(CC(=O)c1ccccc1)OCC[Si](C)(C)C. The van der Waals surface area contributed by atoms with E-state index in [2.05, 4.69) is 19.6 Å². The molecule has 100 valence electrons. The molecule has 0 heterocycles. The van der Waals surface area contributed by atoms with Crippen molar-refractivity contribution in [3.63, 3.8) is 0 Å². The lowest BCUT2D eigenvalue weighted by molar-refractivity contribution is 0.0605. The fourth-order valence-electron chi connectivity index (χ4n) is 1.63. The van der Waals surface area contributed by atoms with Gasteiger partial charge in [0.1, 0.15) is 0 Å². The summed E-state index contributed by atoms with van der Waals surface area (Å²) in [5.41, 5.74) is 0.776. The molecular weight excluding hydrogens is 240 g/mol. The Morgan fingerprint density at radius 3 is 2.39 bits per heavy atom. The van der Waals surface area contributed by atoms with Crippen molar-refractivity contribution in [1.29, 1.82) is 0 Å². The molecule has 2 nitrogen and oxygen atoms in total. The van der Waals surface area contributed by atoms with Gasteiger partial charge < -0.3 is 4.74 Å². The second kappa shape index (κ2) is 6.85. The first-order valence-electron chi connectivity index (χ1n) is 6.58. The zero-order valence-electron chi connectivity index (χ0n) is 11.9. The lowest BCUT2D eigenvalue weighted by atomic mass is 10.1. The van der Waals surface area contributed by atoms with Crippen molar-refractivity contribution in [1.82, 2.24) is 0 Å². The summed E-state index contributed by atoms with van der Waals surface area (Å²) in [5.74, 6) is 0.163. The van der Waals surface area contributed by atoms with E-state index in [9.17, 15) is 4.79 Å². The van der Waals surface area contributed by atoms with Crippen LogP contribution in [-0.4, -0.2) is 26.6 Å². The van der Waals surface area contributed by atoms with Crippen molar-refractivity contribution in [3.8, 4) is 0 Å². The first kappa shape index (κ1) is 15.1. The summed E-state index contributed by atoms with van der Waals surface area (Å²) >= 11 is 0. The zero-order valence-corrected chi connectivity index (χ0v) is 12.9. The second-order valence-corrected chi connectivity index (χ2v) is 11.6. The zero-order chi connectivity index (χ0) is 13.6. The van der Waals surface area contributed by atoms with Crippen LogP contribution in [0.1, 0.15) is 23.7 Å². The molecule has 3 heteroatoms. The second-order valence-electron chi connectivity index (χ2n) is 5.99. The van der Waals surface area contributed by atoms with Gasteiger partial charge in [0, 0.05) is 26.7 Å². The molecule has 1 aromatic carbocycles. The highest BCUT2D eigenvalue weighted by atomic mass is 28.3. The number of carbonyl (C=O) groups is 1. The Morgan fingerprint density at radius 1 is 1.22 bits per heavy atom. The van der Waals surface area contributed by atoms with Gasteiger partial charge in [-0.05, 0) is 13.0 Å². The maximum absolute atomic E-state index is 11.9. The van der Waals surface area contributed by atoms with Crippen LogP contribution < -0.4 is 0 Å². The Labute approximate surface area is 111 Å². The van der Waals surface area contributed by atoms with Crippen LogP contribution in [0.25, 0.3) is 0 Å². The molecule has 1 unspecified atom stereocenters. The minimum absolute atomic E-state index is 0.00839. The number of Topliss-reactive ketones (excluding diaryl/α,β-unsaturated/α-hetero) is 1. The van der Waals surface area contributed by atoms with Gasteiger partial charge in [0.05, 0.1) is 6.10 Å². The Balaban J connectivity index is 2.32. The van der Waals surface area contributed by atoms with Gasteiger partial charge in [0.2, 0.25) is 0 Å². The van der Waals surface area contributed by atoms with E-state index in [1.807, 2.05) is 37.3 Å². The minimum atomic E-state index is -1.04. The third kappa shape index (κ3) is 6.12. The highest BCUT2D eigenvalue weighted by Gasteiger charge is 2.15. The van der Waals surface area contributed by atoms with Crippen molar-refractivity contribution in [2.45, 2.75) is 45.1 Å². The van der Waals surface area contributed by atoms with Crippen molar-refractivity contribution < 1.29 is 9.53 Å². The molecule has 0 spiro atoms. The fraction of sp³-hybridized carbons (Fsp3) is 0.533. The molecule has 0 bridgehead atoms. The van der Waals surface area contributed by atoms with Crippen LogP contribution in [0.3, 0.4) is 0 Å². The van der Waals surface area contributed by atoms with E-state index in [1.165, 1.54) is 0 Å². The third-order valence-corrected chi connectivity index (χ3v) is 4.53. The molecule has 0 saturated carbocycles. The Bertz CT molecular complexity index is 368. The average Bonchev–Trinajstić information content (AvgIpc) is 2.28. The minimum Gasteiger partial charge on any atom is -0.378 e. The molecule has 0 aliphatic rings. The van der Waals surface area contributed by atoms with Gasteiger partial charge in [0.15, 0.2) is 5.78 Å². The molecule has 0 aromatic heterocycles. The van der Waals surface area contributed by atoms with Gasteiger partial charge in [-0.2, -0.15) is 0 Å². The highest BCUT2D eigenvalue weighted by molar-refractivity contribution is 6.76. The summed E-state index contributed by atoms with van der Waals surface area (Å²) in [6.07, 6.45) is 0.476. The monoisotopic (exact) mass is 264 g/mol. The molecule has 1 aromatic rings. The van der Waals surface area contributed by atoms with Gasteiger partial charge in [-0.1, -0.05) is 50.0 Å². The number of hydrogen-bond acceptors (Lipinski definition) is 2. The number of rotatable bonds is 7. The van der Waals surface area contributed by atoms with E-state index in [0.717, 1.165) is 18.2 Å². The maximum Gasteiger partial charge on any atom is 0.165 e. The van der Waals surface area contributed by atoms with Crippen LogP contribution >= 0.6 is 0 Å². The summed E-state index contributed by atoms with van der Waals surface area (Å²) in [4.78, 5) is 11.9. The highest BCUT2D eigenvalue weighted by Crippen LogP contribution is 2.11. The van der Waals surface area contributed by atoms with Crippen LogP contribution in [0.4, 0.5) is 0 Å². The van der Waals surface area contributed by atoms with E-state index in [0.29, 0.717) is 6.42 Å². The van der Waals surface area contributed by atoms with E-state index in [-0.39, 0.29) is 11.9 Å². The number of ketones is 1. The molecule has 0 N–H and O–H groups in total. The van der Waals surface area contributed by atoms with Crippen molar-refractivity contribution in [2.24, 2.45) is 0 Å². The smallest absolute Gasteiger partial charge is 0.165 e. The normalized spacial score (nSPS) is 13.3. The van der Waals surface area contributed by atoms with Gasteiger partial charge in [-0.3, -0.25) is 4.79 Å². The molecule has 1 rings (SSSR count). The van der Waals surface area contributed by atoms with E-state index < -0.39 is 8.07 Å². The lowest BCUT2D eigenvalue weighted by Crippen LogP contribution is -2.24. The van der Waals surface area contributed by atoms with Crippen molar-refractivity contribution in [2.75, 3.05) is 6.61 Å². The summed E-state index contributed by atoms with van der Waals surface area (Å²) < 4.78 is 5.72.